The molecule has 0 saturated heterocycles. The predicted octanol–water partition coefficient (Wildman–Crippen LogP) is 3.11. The number of hydrogen-bond acceptors (Lipinski definition) is 6. The molecule has 2 N–H and O–H groups in total. The van der Waals surface area contributed by atoms with E-state index in [1.54, 1.807) is 6.07 Å². The van der Waals surface area contributed by atoms with Crippen LogP contribution >= 0.6 is 11.8 Å². The molecule has 0 unspecified atom stereocenters. The van der Waals surface area contributed by atoms with Gasteiger partial charge in [0.1, 0.15) is 10.6 Å². The Morgan fingerprint density at radius 3 is 2.42 bits per heavy atom. The van der Waals surface area contributed by atoms with Gasteiger partial charge in [0.15, 0.2) is 0 Å². The highest BCUT2D eigenvalue weighted by Crippen LogP contribution is 2.24. The van der Waals surface area contributed by atoms with E-state index in [1.807, 2.05) is 49.4 Å². The summed E-state index contributed by atoms with van der Waals surface area (Å²) in [7, 11) is 2.69. The highest BCUT2D eigenvalue weighted by Gasteiger charge is 2.22. The number of aliphatic imine (C=N–C) groups is 1. The lowest BCUT2D eigenvalue weighted by atomic mass is 10.1. The van der Waals surface area contributed by atoms with Gasteiger partial charge in [-0.2, -0.15) is 0 Å². The normalized spacial score (nSPS) is 11.5. The number of aromatic nitrogens is 2. The van der Waals surface area contributed by atoms with Crippen LogP contribution in [-0.4, -0.2) is 30.9 Å². The molecule has 172 valence electrons. The maximum atomic E-state index is 12.9. The van der Waals surface area contributed by atoms with Crippen LogP contribution in [-0.2, 0) is 25.3 Å². The number of carbonyl (C=O) groups is 1. The predicted molar refractivity (Wildman–Crippen MR) is 133 cm³/mol. The van der Waals surface area contributed by atoms with Crippen LogP contribution in [0.15, 0.2) is 63.1 Å². The zero-order valence-corrected chi connectivity index (χ0v) is 19.8. The van der Waals surface area contributed by atoms with Crippen molar-refractivity contribution >= 4 is 34.1 Å². The molecule has 2 aromatic carbocycles. The van der Waals surface area contributed by atoms with Gasteiger partial charge in [0.25, 0.3) is 5.56 Å². The molecule has 0 aliphatic heterocycles. The first kappa shape index (κ1) is 24.1. The fourth-order valence-corrected chi connectivity index (χ4v) is 3.98. The number of aromatic hydroxyl groups is 1. The SMILES string of the molecule is CCc1ccc(NC(=O)CSC(=Nc2cccc(C)c2)c2c(O)n(C)c(=O)n(C)c2=O)cc1. The summed E-state index contributed by atoms with van der Waals surface area (Å²) in [5.41, 5.74) is 1.87. The highest BCUT2D eigenvalue weighted by atomic mass is 32.2. The van der Waals surface area contributed by atoms with Gasteiger partial charge in [0.05, 0.1) is 11.4 Å². The van der Waals surface area contributed by atoms with E-state index in [0.717, 1.165) is 38.4 Å². The molecule has 1 aromatic heterocycles. The highest BCUT2D eigenvalue weighted by molar-refractivity contribution is 8.15. The Balaban J connectivity index is 1.94. The van der Waals surface area contributed by atoms with Gasteiger partial charge >= 0.3 is 5.69 Å². The minimum atomic E-state index is -0.690. The Hall–Kier alpha value is -3.59. The number of nitrogens with zero attached hydrogens (tertiary/aromatic N) is 3. The summed E-state index contributed by atoms with van der Waals surface area (Å²) in [6.07, 6.45) is 0.904. The second kappa shape index (κ2) is 10.4. The van der Waals surface area contributed by atoms with Crippen LogP contribution in [0.1, 0.15) is 23.6 Å². The van der Waals surface area contributed by atoms with Crippen molar-refractivity contribution < 1.29 is 9.90 Å². The molecule has 33 heavy (non-hydrogen) atoms. The standard InChI is InChI=1S/C24H26N4O4S/c1-5-16-9-11-17(12-10-16)25-19(29)14-33-21(26-18-8-6-7-15(2)13-18)20-22(30)27(3)24(32)28(4)23(20)31/h6-13,30H,5,14H2,1-4H3,(H,25,29). The molecule has 0 fully saturated rings. The molecule has 8 nitrogen and oxygen atoms in total. The Morgan fingerprint density at radius 2 is 1.79 bits per heavy atom. The van der Waals surface area contributed by atoms with Crippen molar-refractivity contribution in [3.63, 3.8) is 0 Å². The Morgan fingerprint density at radius 1 is 1.09 bits per heavy atom. The molecular formula is C24H26N4O4S. The molecule has 0 saturated carbocycles. The number of nitrogens with one attached hydrogen (secondary N) is 1. The summed E-state index contributed by atoms with van der Waals surface area (Å²) in [6, 6.07) is 14.9. The molecule has 0 spiro atoms. The number of hydrogen-bond donors (Lipinski definition) is 2. The summed E-state index contributed by atoms with van der Waals surface area (Å²) >= 11 is 1.01. The summed E-state index contributed by atoms with van der Waals surface area (Å²) in [4.78, 5) is 42.1. The van der Waals surface area contributed by atoms with Crippen molar-refractivity contribution in [2.24, 2.45) is 19.1 Å². The summed E-state index contributed by atoms with van der Waals surface area (Å²) in [6.45, 7) is 3.96. The van der Waals surface area contributed by atoms with Crippen LogP contribution < -0.4 is 16.6 Å². The molecule has 0 atom stereocenters. The van der Waals surface area contributed by atoms with Gasteiger partial charge in [-0.05, 0) is 48.7 Å². The van der Waals surface area contributed by atoms with Crippen LogP contribution in [0.3, 0.4) is 0 Å². The lowest BCUT2D eigenvalue weighted by Gasteiger charge is -2.13. The van der Waals surface area contributed by atoms with E-state index in [0.29, 0.717) is 11.4 Å². The van der Waals surface area contributed by atoms with Gasteiger partial charge in [0, 0.05) is 19.8 Å². The van der Waals surface area contributed by atoms with Crippen LogP contribution in [0, 0.1) is 6.92 Å². The maximum absolute atomic E-state index is 12.9. The number of amides is 1. The zero-order valence-electron chi connectivity index (χ0n) is 19.0. The molecule has 1 heterocycles. The Bertz CT molecular complexity index is 1320. The summed E-state index contributed by atoms with van der Waals surface area (Å²) in [5, 5.41) is 13.6. The van der Waals surface area contributed by atoms with E-state index >= 15 is 0 Å². The van der Waals surface area contributed by atoms with E-state index in [4.69, 9.17) is 0 Å². The lowest BCUT2D eigenvalue weighted by molar-refractivity contribution is -0.113. The average Bonchev–Trinajstić information content (AvgIpc) is 2.80. The van der Waals surface area contributed by atoms with Crippen molar-refractivity contribution in [3.8, 4) is 5.88 Å². The molecule has 0 aliphatic carbocycles. The molecule has 0 bridgehead atoms. The second-order valence-electron chi connectivity index (χ2n) is 7.55. The smallest absolute Gasteiger partial charge is 0.333 e. The second-order valence-corrected chi connectivity index (χ2v) is 8.51. The fourth-order valence-electron chi connectivity index (χ4n) is 3.15. The first-order chi connectivity index (χ1) is 15.7. The first-order valence-corrected chi connectivity index (χ1v) is 11.4. The van der Waals surface area contributed by atoms with Crippen LogP contribution in [0.5, 0.6) is 5.88 Å². The summed E-state index contributed by atoms with van der Waals surface area (Å²) < 4.78 is 1.87. The number of rotatable bonds is 6. The summed E-state index contributed by atoms with van der Waals surface area (Å²) in [5.74, 6) is -0.842. The monoisotopic (exact) mass is 466 g/mol. The first-order valence-electron chi connectivity index (χ1n) is 10.4. The number of aryl methyl sites for hydroxylation is 2. The van der Waals surface area contributed by atoms with Crippen LogP contribution in [0.4, 0.5) is 11.4 Å². The van der Waals surface area contributed by atoms with Gasteiger partial charge in [-0.15, -0.1) is 0 Å². The van der Waals surface area contributed by atoms with E-state index in [2.05, 4.69) is 17.2 Å². The third kappa shape index (κ3) is 5.61. The third-order valence-corrected chi connectivity index (χ3v) is 6.04. The van der Waals surface area contributed by atoms with Crippen molar-refractivity contribution in [3.05, 3.63) is 86.1 Å². The molecule has 3 aromatic rings. The Labute approximate surface area is 195 Å². The number of benzene rings is 2. The lowest BCUT2D eigenvalue weighted by Crippen LogP contribution is -2.39. The van der Waals surface area contributed by atoms with E-state index < -0.39 is 17.1 Å². The maximum Gasteiger partial charge on any atom is 0.333 e. The quantitative estimate of drug-likeness (QED) is 0.429. The number of carbonyl (C=O) groups excluding carboxylic acids is 1. The molecule has 9 heteroatoms. The van der Waals surface area contributed by atoms with E-state index in [9.17, 15) is 19.5 Å². The minimum Gasteiger partial charge on any atom is -0.494 e. The largest absolute Gasteiger partial charge is 0.494 e. The average molecular weight is 467 g/mol. The Kier molecular flexibility index (Phi) is 7.55. The van der Waals surface area contributed by atoms with Crippen molar-refractivity contribution in [1.82, 2.24) is 9.13 Å². The van der Waals surface area contributed by atoms with Crippen molar-refractivity contribution in [1.29, 1.82) is 0 Å². The minimum absolute atomic E-state index is 0.0500. The van der Waals surface area contributed by atoms with Gasteiger partial charge in [-0.25, -0.2) is 9.79 Å². The van der Waals surface area contributed by atoms with Gasteiger partial charge in [-0.1, -0.05) is 43.0 Å². The van der Waals surface area contributed by atoms with Gasteiger partial charge in [0.2, 0.25) is 11.8 Å². The molecular weight excluding hydrogens is 440 g/mol. The number of anilines is 1. The van der Waals surface area contributed by atoms with Crippen LogP contribution in [0.2, 0.25) is 0 Å². The molecule has 0 radical (unpaired) electrons. The van der Waals surface area contributed by atoms with Gasteiger partial charge < -0.3 is 10.4 Å². The zero-order chi connectivity index (χ0) is 24.1. The molecule has 0 aliphatic rings. The van der Waals surface area contributed by atoms with E-state index in [-0.39, 0.29) is 22.3 Å². The topological polar surface area (TPSA) is 106 Å². The van der Waals surface area contributed by atoms with Crippen molar-refractivity contribution in [2.75, 3.05) is 11.1 Å². The number of thioether (sulfide) groups is 1. The van der Waals surface area contributed by atoms with Crippen LogP contribution in [0.25, 0.3) is 0 Å². The third-order valence-electron chi connectivity index (χ3n) is 5.07. The molecule has 1 amide bonds. The fraction of sp³-hybridized carbons (Fsp3) is 0.250. The van der Waals surface area contributed by atoms with E-state index in [1.165, 1.54) is 14.1 Å². The van der Waals surface area contributed by atoms with Crippen molar-refractivity contribution in [2.45, 2.75) is 20.3 Å². The molecule has 3 rings (SSSR count). The van der Waals surface area contributed by atoms with Gasteiger partial charge in [-0.3, -0.25) is 18.7 Å².